The van der Waals surface area contributed by atoms with Crippen LogP contribution in [0.3, 0.4) is 0 Å². The van der Waals surface area contributed by atoms with E-state index in [0.29, 0.717) is 4.20 Å². The van der Waals surface area contributed by atoms with Crippen LogP contribution in [0, 0.1) is 0 Å². The molecule has 0 fully saturated rings. The van der Waals surface area contributed by atoms with Crippen LogP contribution in [0.15, 0.2) is 24.3 Å². The van der Waals surface area contributed by atoms with Crippen molar-refractivity contribution in [3.63, 3.8) is 0 Å². The minimum absolute atomic E-state index is 0.674. The molecule has 1 rings (SSSR count). The molecule has 15 heavy (non-hydrogen) atoms. The summed E-state index contributed by atoms with van der Waals surface area (Å²) >= 11 is 9.14. The average molecular weight is 238 g/mol. The summed E-state index contributed by atoms with van der Waals surface area (Å²) in [5, 5.41) is 0. The lowest BCUT2D eigenvalue weighted by atomic mass is 10.1. The molecule has 0 aliphatic rings. The minimum Gasteiger partial charge on any atom is -0.131 e. The molecule has 1 aromatic carbocycles. The maximum Gasteiger partial charge on any atom is 0.0747 e. The first kappa shape index (κ1) is 12.7. The van der Waals surface area contributed by atoms with Crippen LogP contribution in [-0.4, -0.2) is 4.20 Å². The maximum atomic E-state index is 4.99. The van der Waals surface area contributed by atoms with Crippen molar-refractivity contribution >= 4 is 29.0 Å². The van der Waals surface area contributed by atoms with E-state index in [9.17, 15) is 0 Å². The highest BCUT2D eigenvalue weighted by molar-refractivity contribution is 8.11. The molecule has 0 unspecified atom stereocenters. The van der Waals surface area contributed by atoms with Crippen molar-refractivity contribution in [2.45, 2.75) is 39.0 Å². The molecule has 0 N–H and O–H groups in total. The van der Waals surface area contributed by atoms with Gasteiger partial charge in [-0.2, -0.15) is 0 Å². The van der Waals surface area contributed by atoms with Crippen molar-refractivity contribution in [2.24, 2.45) is 0 Å². The van der Waals surface area contributed by atoms with Gasteiger partial charge in [-0.25, -0.2) is 0 Å². The van der Waals surface area contributed by atoms with Crippen molar-refractivity contribution in [3.05, 3.63) is 35.4 Å². The summed E-state index contributed by atoms with van der Waals surface area (Å²) in [6, 6.07) is 8.43. The highest BCUT2D eigenvalue weighted by Crippen LogP contribution is 2.11. The summed E-state index contributed by atoms with van der Waals surface area (Å²) in [7, 11) is 0. The van der Waals surface area contributed by atoms with Crippen LogP contribution in [0.2, 0.25) is 0 Å². The fourth-order valence-electron chi connectivity index (χ4n) is 1.57. The summed E-state index contributed by atoms with van der Waals surface area (Å²) < 4.78 is 0.674. The third-order valence-corrected chi connectivity index (χ3v) is 3.01. The van der Waals surface area contributed by atoms with Crippen LogP contribution < -0.4 is 0 Å². The molecule has 82 valence electrons. The van der Waals surface area contributed by atoms with Crippen molar-refractivity contribution in [2.75, 3.05) is 0 Å². The molecule has 0 heterocycles. The molecule has 0 aliphatic heterocycles. The SMILES string of the molecule is CCCCCCc1ccc(C(=S)S)cc1. The van der Waals surface area contributed by atoms with Gasteiger partial charge in [0.25, 0.3) is 0 Å². The number of aryl methyl sites for hydroxylation is 1. The van der Waals surface area contributed by atoms with Gasteiger partial charge in [-0.1, -0.05) is 62.7 Å². The highest BCUT2D eigenvalue weighted by Gasteiger charge is 1.97. The topological polar surface area (TPSA) is 0 Å². The third-order valence-electron chi connectivity index (χ3n) is 2.52. The zero-order valence-corrected chi connectivity index (χ0v) is 10.9. The molecule has 0 saturated carbocycles. The summed E-state index contributed by atoms with van der Waals surface area (Å²) in [6.07, 6.45) is 6.45. The van der Waals surface area contributed by atoms with Gasteiger partial charge in [0.1, 0.15) is 0 Å². The normalized spacial score (nSPS) is 10.3. The molecule has 2 heteroatoms. The Hall–Kier alpha value is -0.340. The van der Waals surface area contributed by atoms with Crippen molar-refractivity contribution in [1.82, 2.24) is 0 Å². The van der Waals surface area contributed by atoms with E-state index in [-0.39, 0.29) is 0 Å². The van der Waals surface area contributed by atoms with Crippen molar-refractivity contribution in [3.8, 4) is 0 Å². The van der Waals surface area contributed by atoms with E-state index >= 15 is 0 Å². The molecule has 1 aromatic rings. The van der Waals surface area contributed by atoms with Crippen LogP contribution >= 0.6 is 24.8 Å². The molecule has 0 atom stereocenters. The molecular weight excluding hydrogens is 220 g/mol. The highest BCUT2D eigenvalue weighted by atomic mass is 32.1. The molecule has 0 saturated heterocycles. The van der Waals surface area contributed by atoms with E-state index in [4.69, 9.17) is 12.2 Å². The Morgan fingerprint density at radius 3 is 2.33 bits per heavy atom. The van der Waals surface area contributed by atoms with E-state index in [1.165, 1.54) is 37.7 Å². The molecule has 0 nitrogen and oxygen atoms in total. The van der Waals surface area contributed by atoms with Gasteiger partial charge in [0, 0.05) is 0 Å². The second-order valence-corrected chi connectivity index (χ2v) is 4.97. The predicted molar refractivity (Wildman–Crippen MR) is 75.0 cm³/mol. The first-order valence-corrected chi connectivity index (χ1v) is 6.42. The number of thiocarbonyl (C=S) groups is 1. The molecule has 0 spiro atoms. The quantitative estimate of drug-likeness (QED) is 0.435. The van der Waals surface area contributed by atoms with E-state index < -0.39 is 0 Å². The Labute approximate surface area is 103 Å². The summed E-state index contributed by atoms with van der Waals surface area (Å²) in [5.74, 6) is 0. The molecule has 0 bridgehead atoms. The molecule has 0 amide bonds. The van der Waals surface area contributed by atoms with Crippen LogP contribution in [0.5, 0.6) is 0 Å². The Kier molecular flexibility index (Phi) is 5.96. The Morgan fingerprint density at radius 1 is 1.13 bits per heavy atom. The number of benzene rings is 1. The van der Waals surface area contributed by atoms with E-state index in [1.807, 2.05) is 0 Å². The zero-order valence-electron chi connectivity index (χ0n) is 9.20. The average Bonchev–Trinajstić information content (AvgIpc) is 2.25. The number of hydrogen-bond acceptors (Lipinski definition) is 1. The van der Waals surface area contributed by atoms with Gasteiger partial charge in [0.05, 0.1) is 4.20 Å². The predicted octanol–water partition coefficient (Wildman–Crippen LogP) is 4.41. The molecule has 0 aromatic heterocycles. The number of rotatable bonds is 6. The number of unbranched alkanes of at least 4 members (excludes halogenated alkanes) is 3. The fraction of sp³-hybridized carbons (Fsp3) is 0.462. The van der Waals surface area contributed by atoms with Crippen molar-refractivity contribution in [1.29, 1.82) is 0 Å². The Morgan fingerprint density at radius 2 is 1.80 bits per heavy atom. The summed E-state index contributed by atoms with van der Waals surface area (Å²) in [6.45, 7) is 2.24. The second kappa shape index (κ2) is 7.02. The maximum absolute atomic E-state index is 4.99. The van der Waals surface area contributed by atoms with Gasteiger partial charge < -0.3 is 0 Å². The lowest BCUT2D eigenvalue weighted by molar-refractivity contribution is 0.667. The van der Waals surface area contributed by atoms with Gasteiger partial charge in [-0.15, -0.1) is 12.6 Å². The molecule has 0 aliphatic carbocycles. The van der Waals surface area contributed by atoms with Crippen molar-refractivity contribution < 1.29 is 0 Å². The Balaban J connectivity index is 2.39. The summed E-state index contributed by atoms with van der Waals surface area (Å²) in [4.78, 5) is 0. The lowest BCUT2D eigenvalue weighted by Gasteiger charge is -2.02. The summed E-state index contributed by atoms with van der Waals surface area (Å²) in [5.41, 5.74) is 2.45. The van der Waals surface area contributed by atoms with Gasteiger partial charge in [-0.05, 0) is 24.0 Å². The smallest absolute Gasteiger partial charge is 0.0747 e. The second-order valence-electron chi connectivity index (χ2n) is 3.81. The largest absolute Gasteiger partial charge is 0.131 e. The minimum atomic E-state index is 0.674. The first-order valence-electron chi connectivity index (χ1n) is 5.56. The number of hydrogen-bond donors (Lipinski definition) is 1. The van der Waals surface area contributed by atoms with E-state index in [1.54, 1.807) is 0 Å². The van der Waals surface area contributed by atoms with Gasteiger partial charge in [0.15, 0.2) is 0 Å². The fourth-order valence-corrected chi connectivity index (χ4v) is 1.86. The van der Waals surface area contributed by atoms with E-state index in [0.717, 1.165) is 5.56 Å². The van der Waals surface area contributed by atoms with Gasteiger partial charge in [-0.3, -0.25) is 0 Å². The zero-order chi connectivity index (χ0) is 11.1. The van der Waals surface area contributed by atoms with E-state index in [2.05, 4.69) is 43.8 Å². The lowest BCUT2D eigenvalue weighted by Crippen LogP contribution is -1.90. The van der Waals surface area contributed by atoms with Crippen LogP contribution in [0.1, 0.15) is 43.7 Å². The van der Waals surface area contributed by atoms with Gasteiger partial charge >= 0.3 is 0 Å². The van der Waals surface area contributed by atoms with Crippen LogP contribution in [0.25, 0.3) is 0 Å². The first-order chi connectivity index (χ1) is 7.24. The van der Waals surface area contributed by atoms with Crippen LogP contribution in [-0.2, 0) is 6.42 Å². The molecular formula is C13H18S2. The monoisotopic (exact) mass is 238 g/mol. The van der Waals surface area contributed by atoms with Crippen LogP contribution in [0.4, 0.5) is 0 Å². The standard InChI is InChI=1S/C13H18S2/c1-2-3-4-5-6-11-7-9-12(10-8-11)13(14)15/h7-10H,2-6H2,1H3,(H,14,15). The van der Waals surface area contributed by atoms with Gasteiger partial charge in [0.2, 0.25) is 0 Å². The Bertz CT molecular complexity index is 301. The number of thiol groups is 1. The molecule has 0 radical (unpaired) electrons. The third kappa shape index (κ3) is 4.80.